The van der Waals surface area contributed by atoms with Crippen molar-refractivity contribution < 1.29 is 57.5 Å². The van der Waals surface area contributed by atoms with E-state index >= 15 is 0 Å². The predicted octanol–water partition coefficient (Wildman–Crippen LogP) is 17.1. The standard InChI is InChI=1S/C19H29ClN2O4.C16H26N2O2.C15H22N2O4.C15H24N2O2.C7H8N2O2/c1-13(2)22(18(24)26-19(4,5)6)12-15-10-8-9-11-16(15)21(7)17(23)25-14(3)20;1-12(2)18(15(19)20-16(3,4)5)11-13-9-7-8-10-14(13)17-6;1-11(2)16(14(18)21-15(3,4)5)10-12-8-6-7-9-13(12)17(19)20;1-11(2)17(14(18)19-15(3,4)5)10-12-8-6-7-9-13(12)16;8-5-6-3-1-2-4-7(6)9(10)11/h8-11,13-14H,12H2,1-7H3;7-10,12,17H,11H2,1-6H3;6-9,11H,10H2,1-5H3;6-9,11H,10,16H2,1-5H3;1-4H,5,8H2. The van der Waals surface area contributed by atoms with Crippen LogP contribution in [0.5, 0.6) is 0 Å². The molecule has 0 bridgehead atoms. The van der Waals surface area contributed by atoms with Crippen LogP contribution >= 0.6 is 11.6 Å². The first-order valence-corrected chi connectivity index (χ1v) is 32.6. The van der Waals surface area contributed by atoms with E-state index < -0.39 is 56.1 Å². The van der Waals surface area contributed by atoms with Crippen molar-refractivity contribution in [3.8, 4) is 0 Å². The van der Waals surface area contributed by atoms with Gasteiger partial charge >= 0.3 is 30.5 Å². The number of hydrogen-bond acceptors (Lipinski definition) is 17. The van der Waals surface area contributed by atoms with Gasteiger partial charge in [-0.1, -0.05) is 103 Å². The monoisotopic (exact) mass is 1370 g/mol. The lowest BCUT2D eigenvalue weighted by Crippen LogP contribution is -2.41. The molecule has 5 aromatic carbocycles. The molecule has 0 aliphatic heterocycles. The van der Waals surface area contributed by atoms with E-state index in [1.807, 2.05) is 191 Å². The van der Waals surface area contributed by atoms with Crippen LogP contribution in [0.15, 0.2) is 121 Å². The number of benzene rings is 5. The van der Waals surface area contributed by atoms with Crippen molar-refractivity contribution in [1.82, 2.24) is 19.6 Å². The van der Waals surface area contributed by atoms with Gasteiger partial charge in [0.15, 0.2) is 5.56 Å². The lowest BCUT2D eigenvalue weighted by molar-refractivity contribution is -0.385. The minimum atomic E-state index is -0.731. The van der Waals surface area contributed by atoms with Crippen molar-refractivity contribution in [3.05, 3.63) is 169 Å². The second-order valence-corrected chi connectivity index (χ2v) is 28.1. The van der Waals surface area contributed by atoms with Gasteiger partial charge < -0.3 is 60.1 Å². The molecule has 0 heterocycles. The molecule has 5 N–H and O–H groups in total. The molecule has 538 valence electrons. The number of ether oxygens (including phenoxy) is 5. The molecular weight excluding hydrogens is 1260 g/mol. The van der Waals surface area contributed by atoms with E-state index in [1.165, 1.54) is 21.9 Å². The smallest absolute Gasteiger partial charge is 0.415 e. The fourth-order valence-corrected chi connectivity index (χ4v) is 8.48. The molecule has 0 aliphatic rings. The number of nitro benzene ring substituents is 2. The highest BCUT2D eigenvalue weighted by Gasteiger charge is 2.30. The van der Waals surface area contributed by atoms with Crippen molar-refractivity contribution in [2.24, 2.45) is 5.73 Å². The molecule has 24 nitrogen and oxygen atoms in total. The number of carbonyl (C=O) groups is 5. The molecule has 0 saturated carbocycles. The summed E-state index contributed by atoms with van der Waals surface area (Å²) in [7, 11) is 3.49. The molecule has 97 heavy (non-hydrogen) atoms. The highest BCUT2D eigenvalue weighted by Crippen LogP contribution is 2.27. The minimum absolute atomic E-state index is 0.00621. The van der Waals surface area contributed by atoms with Gasteiger partial charge in [-0.3, -0.25) is 25.1 Å². The minimum Gasteiger partial charge on any atom is -0.444 e. The van der Waals surface area contributed by atoms with Crippen molar-refractivity contribution in [2.45, 2.75) is 230 Å². The maximum atomic E-state index is 12.5. The fourth-order valence-electron chi connectivity index (χ4n) is 8.40. The van der Waals surface area contributed by atoms with Crippen LogP contribution < -0.4 is 21.7 Å². The van der Waals surface area contributed by atoms with E-state index in [-0.39, 0.29) is 60.8 Å². The Kier molecular flexibility index (Phi) is 35.5. The third-order valence-corrected chi connectivity index (χ3v) is 13.3. The number of nitrogen functional groups attached to an aromatic ring is 1. The van der Waals surface area contributed by atoms with Gasteiger partial charge in [-0.25, -0.2) is 24.0 Å². The maximum absolute atomic E-state index is 12.5. The Labute approximate surface area is 580 Å². The van der Waals surface area contributed by atoms with Crippen LogP contribution in [-0.4, -0.2) is 126 Å². The summed E-state index contributed by atoms with van der Waals surface area (Å²) in [5.41, 5.74) is 14.6. The van der Waals surface area contributed by atoms with Crippen LogP contribution in [-0.2, 0) is 56.4 Å². The Hall–Kier alpha value is -8.90. The molecule has 0 aliphatic carbocycles. The number of hydrogen-bond donors (Lipinski definition) is 3. The van der Waals surface area contributed by atoms with Gasteiger partial charge in [-0.05, 0) is 180 Å². The number of nitro groups is 2. The number of anilines is 3. The number of nitrogens with one attached hydrogen (secondary N) is 1. The van der Waals surface area contributed by atoms with E-state index in [1.54, 1.807) is 91.9 Å². The Bertz CT molecular complexity index is 3300. The third-order valence-electron chi connectivity index (χ3n) is 13.2. The van der Waals surface area contributed by atoms with Gasteiger partial charge in [0.2, 0.25) is 0 Å². The zero-order valence-corrected chi connectivity index (χ0v) is 62.1. The number of nitrogens with two attached hydrogens (primary N) is 2. The van der Waals surface area contributed by atoms with E-state index in [0.29, 0.717) is 42.1 Å². The van der Waals surface area contributed by atoms with Crippen LogP contribution in [0.1, 0.15) is 173 Å². The van der Waals surface area contributed by atoms with Crippen LogP contribution in [0.2, 0.25) is 0 Å². The number of para-hydroxylation sites is 5. The van der Waals surface area contributed by atoms with Gasteiger partial charge in [0.25, 0.3) is 11.4 Å². The summed E-state index contributed by atoms with van der Waals surface area (Å²) in [6, 6.07) is 35.7. The molecule has 5 aromatic rings. The number of carbonyl (C=O) groups excluding carboxylic acids is 5. The van der Waals surface area contributed by atoms with Crippen LogP contribution in [0.4, 0.5) is 52.4 Å². The molecule has 25 heteroatoms. The molecule has 1 atom stereocenters. The second kappa shape index (κ2) is 40.0. The molecule has 0 aromatic heterocycles. The predicted molar refractivity (Wildman–Crippen MR) is 385 cm³/mol. The van der Waals surface area contributed by atoms with Crippen molar-refractivity contribution >= 4 is 70.5 Å². The summed E-state index contributed by atoms with van der Waals surface area (Å²) in [5.74, 6) is 0. The molecule has 5 rings (SSSR count). The zero-order valence-electron chi connectivity index (χ0n) is 61.3. The van der Waals surface area contributed by atoms with E-state index in [2.05, 4.69) is 5.32 Å². The van der Waals surface area contributed by atoms with Crippen molar-refractivity contribution in [3.63, 3.8) is 0 Å². The van der Waals surface area contributed by atoms with Crippen LogP contribution in [0.25, 0.3) is 0 Å². The first kappa shape index (κ1) is 86.1. The summed E-state index contributed by atoms with van der Waals surface area (Å²) in [4.78, 5) is 89.8. The first-order chi connectivity index (χ1) is 44.7. The number of halogens is 1. The van der Waals surface area contributed by atoms with Gasteiger partial charge in [0.05, 0.1) is 41.7 Å². The van der Waals surface area contributed by atoms with Crippen LogP contribution in [0, 0.1) is 20.2 Å². The summed E-state index contributed by atoms with van der Waals surface area (Å²) in [5, 5.41) is 24.5. The molecular formula is C72H109ClN10O14. The van der Waals surface area contributed by atoms with Crippen molar-refractivity contribution in [2.75, 3.05) is 30.0 Å². The summed E-state index contributed by atoms with van der Waals surface area (Å²) < 4.78 is 26.8. The Morgan fingerprint density at radius 2 is 0.742 bits per heavy atom. The topological polar surface area (TPSA) is 298 Å². The highest BCUT2D eigenvalue weighted by molar-refractivity contribution is 6.20. The highest BCUT2D eigenvalue weighted by atomic mass is 35.5. The van der Waals surface area contributed by atoms with Gasteiger partial charge in [-0.2, -0.15) is 0 Å². The van der Waals surface area contributed by atoms with Gasteiger partial charge in [0, 0.05) is 79.4 Å². The van der Waals surface area contributed by atoms with Crippen molar-refractivity contribution in [1.29, 1.82) is 0 Å². The van der Waals surface area contributed by atoms with E-state index in [9.17, 15) is 44.2 Å². The Morgan fingerprint density at radius 3 is 1.07 bits per heavy atom. The second-order valence-electron chi connectivity index (χ2n) is 27.5. The summed E-state index contributed by atoms with van der Waals surface area (Å²) in [6.07, 6.45) is -2.03. The number of nitrogens with zero attached hydrogens (tertiary/aromatic N) is 7. The molecule has 1 unspecified atom stereocenters. The lowest BCUT2D eigenvalue weighted by Gasteiger charge is -2.31. The quantitative estimate of drug-likeness (QED) is 0.0241. The SMILES string of the molecule is CC(C)N(Cc1ccccc1N)C(=O)OC(C)(C)C.CC(C)N(Cc1ccccc1[N+](=O)[O-])C(=O)OC(C)(C)C.CC(Cl)OC(=O)N(C)c1ccccc1CN(C(=O)OC(C)(C)C)C(C)C.CNc1ccccc1CN(C(=O)OC(C)(C)C)C(C)C.NCc1ccccc1[N+](=O)[O-]. The summed E-state index contributed by atoms with van der Waals surface area (Å²) in [6.45, 7) is 40.7. The Balaban J connectivity index is 0.000000618. The maximum Gasteiger partial charge on any atom is 0.415 e. The molecule has 0 radical (unpaired) electrons. The molecule has 5 amide bonds. The number of alkyl halides is 1. The fraction of sp³-hybridized carbons (Fsp3) is 0.514. The lowest BCUT2D eigenvalue weighted by atomic mass is 10.1. The van der Waals surface area contributed by atoms with E-state index in [0.717, 1.165) is 22.4 Å². The summed E-state index contributed by atoms with van der Waals surface area (Å²) >= 11 is 5.73. The normalized spacial score (nSPS) is 11.5. The molecule has 0 saturated heterocycles. The average molecular weight is 1370 g/mol. The van der Waals surface area contributed by atoms with Crippen LogP contribution in [0.3, 0.4) is 0 Å². The number of amides is 5. The third kappa shape index (κ3) is 33.1. The average Bonchev–Trinajstić information content (AvgIpc) is 0.852. The zero-order chi connectivity index (χ0) is 74.5. The largest absolute Gasteiger partial charge is 0.444 e. The molecule has 0 fully saturated rings. The molecule has 0 spiro atoms. The Morgan fingerprint density at radius 1 is 0.454 bits per heavy atom. The van der Waals surface area contributed by atoms with Gasteiger partial charge in [-0.15, -0.1) is 0 Å². The van der Waals surface area contributed by atoms with E-state index in [4.69, 9.17) is 46.8 Å². The number of rotatable bonds is 18. The first-order valence-electron chi connectivity index (χ1n) is 32.1. The van der Waals surface area contributed by atoms with Gasteiger partial charge in [0.1, 0.15) is 22.4 Å².